The molecule has 0 saturated heterocycles. The van der Waals surface area contributed by atoms with Crippen LogP contribution in [-0.2, 0) is 19.4 Å². The monoisotopic (exact) mass is 314 g/mol. The zero-order valence-corrected chi connectivity index (χ0v) is 13.4. The summed E-state index contributed by atoms with van der Waals surface area (Å²) in [6.45, 7) is 4.44. The molecule has 1 aromatic carbocycles. The molecule has 6 nitrogen and oxygen atoms in total. The van der Waals surface area contributed by atoms with Crippen molar-refractivity contribution in [1.29, 1.82) is 0 Å². The number of anilines is 1. The number of rotatable bonds is 6. The fourth-order valence-corrected chi connectivity index (χ4v) is 2.33. The van der Waals surface area contributed by atoms with E-state index in [4.69, 9.17) is 15.9 Å². The lowest BCUT2D eigenvalue weighted by atomic mass is 10.0. The number of aliphatic imine (C=N–C) groups is 1. The van der Waals surface area contributed by atoms with Gasteiger partial charge in [0.05, 0.1) is 0 Å². The number of hydrogen-bond acceptors (Lipinski definition) is 3. The highest BCUT2D eigenvalue weighted by Gasteiger charge is 2.08. The van der Waals surface area contributed by atoms with Crippen molar-refractivity contribution in [3.8, 4) is 0 Å². The number of nitrogens with one attached hydrogen (secondary N) is 1. The maximum Gasteiger partial charge on any atom is 0.284 e. The third-order valence-corrected chi connectivity index (χ3v) is 3.56. The molecule has 0 fully saturated rings. The first-order chi connectivity index (χ1) is 11.0. The van der Waals surface area contributed by atoms with Crippen molar-refractivity contribution in [2.75, 3.05) is 5.32 Å². The van der Waals surface area contributed by atoms with Gasteiger partial charge in [-0.1, -0.05) is 32.0 Å². The van der Waals surface area contributed by atoms with Crippen molar-refractivity contribution in [3.05, 3.63) is 53.0 Å². The number of guanidine groups is 1. The Hall–Kier alpha value is -2.76. The van der Waals surface area contributed by atoms with E-state index >= 15 is 0 Å². The Bertz CT molecular complexity index is 697. The van der Waals surface area contributed by atoms with Crippen LogP contribution in [0.25, 0.3) is 0 Å². The normalized spacial score (nSPS) is 11.5. The molecule has 0 aliphatic heterocycles. The maximum absolute atomic E-state index is 11.0. The second-order valence-corrected chi connectivity index (χ2v) is 5.12. The molecule has 0 aliphatic rings. The van der Waals surface area contributed by atoms with E-state index in [1.165, 1.54) is 17.2 Å². The predicted octanol–water partition coefficient (Wildman–Crippen LogP) is 2.43. The highest BCUT2D eigenvalue weighted by atomic mass is 16.3. The van der Waals surface area contributed by atoms with Crippen LogP contribution in [-0.4, -0.2) is 11.9 Å². The van der Waals surface area contributed by atoms with Crippen LogP contribution < -0.4 is 16.8 Å². The van der Waals surface area contributed by atoms with Crippen LogP contribution in [0.15, 0.2) is 39.7 Å². The summed E-state index contributed by atoms with van der Waals surface area (Å²) in [7, 11) is 0. The number of carbonyl (C=O) groups excluding carboxylic acids is 1. The summed E-state index contributed by atoms with van der Waals surface area (Å²) in [6.07, 6.45) is 1.81. The quantitative estimate of drug-likeness (QED) is 0.562. The fourth-order valence-electron chi connectivity index (χ4n) is 2.33. The van der Waals surface area contributed by atoms with Gasteiger partial charge in [0.2, 0.25) is 0 Å². The highest BCUT2D eigenvalue weighted by molar-refractivity contribution is 5.94. The predicted molar refractivity (Wildman–Crippen MR) is 91.4 cm³/mol. The zero-order chi connectivity index (χ0) is 16.8. The minimum absolute atomic E-state index is 0.117. The number of furan rings is 1. The van der Waals surface area contributed by atoms with Gasteiger partial charge in [0.1, 0.15) is 12.3 Å². The van der Waals surface area contributed by atoms with E-state index in [1.807, 2.05) is 6.07 Å². The third-order valence-electron chi connectivity index (χ3n) is 3.56. The Morgan fingerprint density at radius 2 is 1.78 bits per heavy atom. The van der Waals surface area contributed by atoms with Gasteiger partial charge in [0.15, 0.2) is 11.7 Å². The number of amides is 1. The van der Waals surface area contributed by atoms with Gasteiger partial charge in [-0.3, -0.25) is 4.79 Å². The second-order valence-electron chi connectivity index (χ2n) is 5.12. The SMILES string of the molecule is CCc1cccc(CC)c1NC(N)=NCc1ccc(C(N)=O)o1. The number of benzene rings is 1. The topological polar surface area (TPSA) is 107 Å². The van der Waals surface area contributed by atoms with Gasteiger partial charge in [-0.2, -0.15) is 0 Å². The molecule has 0 aliphatic carbocycles. The van der Waals surface area contributed by atoms with Crippen LogP contribution in [0.3, 0.4) is 0 Å². The van der Waals surface area contributed by atoms with Crippen molar-refractivity contribution in [2.24, 2.45) is 16.5 Å². The van der Waals surface area contributed by atoms with Gasteiger partial charge < -0.3 is 21.2 Å². The Kier molecular flexibility index (Phi) is 5.41. The molecule has 122 valence electrons. The summed E-state index contributed by atoms with van der Waals surface area (Å²) in [5.74, 6) is 0.350. The second kappa shape index (κ2) is 7.49. The molecular formula is C17H22N4O2. The molecule has 0 saturated carbocycles. The van der Waals surface area contributed by atoms with Gasteiger partial charge in [0.25, 0.3) is 5.91 Å². The molecule has 2 rings (SSSR count). The Balaban J connectivity index is 2.11. The van der Waals surface area contributed by atoms with Gasteiger partial charge in [-0.15, -0.1) is 0 Å². The van der Waals surface area contributed by atoms with Gasteiger partial charge in [0, 0.05) is 5.69 Å². The highest BCUT2D eigenvalue weighted by Crippen LogP contribution is 2.22. The number of hydrogen-bond donors (Lipinski definition) is 3. The number of nitrogens with two attached hydrogens (primary N) is 2. The Morgan fingerprint density at radius 1 is 1.13 bits per heavy atom. The molecule has 0 radical (unpaired) electrons. The van der Waals surface area contributed by atoms with Crippen LogP contribution in [0, 0.1) is 0 Å². The molecule has 23 heavy (non-hydrogen) atoms. The summed E-state index contributed by atoms with van der Waals surface area (Å²) in [4.78, 5) is 15.2. The Labute approximate surface area is 135 Å². The van der Waals surface area contributed by atoms with Gasteiger partial charge in [-0.05, 0) is 36.1 Å². The van der Waals surface area contributed by atoms with Crippen molar-refractivity contribution < 1.29 is 9.21 Å². The van der Waals surface area contributed by atoms with Crippen molar-refractivity contribution in [1.82, 2.24) is 0 Å². The summed E-state index contributed by atoms with van der Waals surface area (Å²) >= 11 is 0. The number of aryl methyl sites for hydroxylation is 2. The molecule has 5 N–H and O–H groups in total. The third kappa shape index (κ3) is 4.12. The molecule has 1 amide bonds. The molecule has 0 spiro atoms. The van der Waals surface area contributed by atoms with Crippen molar-refractivity contribution in [2.45, 2.75) is 33.2 Å². The van der Waals surface area contributed by atoms with E-state index in [0.717, 1.165) is 18.5 Å². The average molecular weight is 314 g/mol. The van der Waals surface area contributed by atoms with Crippen LogP contribution in [0.4, 0.5) is 5.69 Å². The summed E-state index contributed by atoms with van der Waals surface area (Å²) < 4.78 is 5.27. The molecule has 0 unspecified atom stereocenters. The standard InChI is InChI=1S/C17H22N4O2/c1-3-11-6-5-7-12(4-2)15(11)21-17(19)20-10-13-8-9-14(23-13)16(18)22/h5-9H,3-4,10H2,1-2H3,(H2,18,22)(H3,19,20,21). The van der Waals surface area contributed by atoms with E-state index in [9.17, 15) is 4.79 Å². The van der Waals surface area contributed by atoms with E-state index in [1.54, 1.807) is 6.07 Å². The lowest BCUT2D eigenvalue weighted by Crippen LogP contribution is -2.24. The molecular weight excluding hydrogens is 292 g/mol. The first-order valence-corrected chi connectivity index (χ1v) is 7.61. The first kappa shape index (κ1) is 16.6. The van der Waals surface area contributed by atoms with Crippen molar-refractivity contribution in [3.63, 3.8) is 0 Å². The zero-order valence-electron chi connectivity index (χ0n) is 13.4. The average Bonchev–Trinajstić information content (AvgIpc) is 3.02. The first-order valence-electron chi connectivity index (χ1n) is 7.61. The van der Waals surface area contributed by atoms with Crippen LogP contribution in [0.2, 0.25) is 0 Å². The van der Waals surface area contributed by atoms with E-state index in [2.05, 4.69) is 36.3 Å². The molecule has 6 heteroatoms. The minimum atomic E-state index is -0.601. The van der Waals surface area contributed by atoms with E-state index < -0.39 is 5.91 Å². The number of nitrogens with zero attached hydrogens (tertiary/aromatic N) is 1. The molecule has 0 atom stereocenters. The fraction of sp³-hybridized carbons (Fsp3) is 0.294. The number of carbonyl (C=O) groups is 1. The smallest absolute Gasteiger partial charge is 0.284 e. The molecule has 2 aromatic rings. The maximum atomic E-state index is 11.0. The Morgan fingerprint density at radius 3 is 2.30 bits per heavy atom. The summed E-state index contributed by atoms with van der Waals surface area (Å²) in [6, 6.07) is 9.37. The van der Waals surface area contributed by atoms with Gasteiger partial charge in [-0.25, -0.2) is 4.99 Å². The van der Waals surface area contributed by atoms with Crippen LogP contribution >= 0.6 is 0 Å². The molecule has 1 aromatic heterocycles. The lowest BCUT2D eigenvalue weighted by molar-refractivity contribution is 0.0972. The van der Waals surface area contributed by atoms with Crippen molar-refractivity contribution >= 4 is 17.6 Å². The van der Waals surface area contributed by atoms with Gasteiger partial charge >= 0.3 is 0 Å². The van der Waals surface area contributed by atoms with E-state index in [-0.39, 0.29) is 12.3 Å². The summed E-state index contributed by atoms with van der Waals surface area (Å²) in [5.41, 5.74) is 14.5. The summed E-state index contributed by atoms with van der Waals surface area (Å²) in [5, 5.41) is 3.18. The van der Waals surface area contributed by atoms with E-state index in [0.29, 0.717) is 11.7 Å². The molecule has 0 bridgehead atoms. The number of primary amides is 1. The minimum Gasteiger partial charge on any atom is -0.454 e. The lowest BCUT2D eigenvalue weighted by Gasteiger charge is -2.14. The largest absolute Gasteiger partial charge is 0.454 e. The number of para-hydroxylation sites is 1. The molecule has 1 heterocycles. The van der Waals surface area contributed by atoms with Crippen LogP contribution in [0.5, 0.6) is 0 Å². The van der Waals surface area contributed by atoms with Crippen LogP contribution in [0.1, 0.15) is 41.3 Å².